The highest BCUT2D eigenvalue weighted by molar-refractivity contribution is 6.09. The van der Waals surface area contributed by atoms with Crippen molar-refractivity contribution in [1.29, 1.82) is 0 Å². The number of aryl methyl sites for hydroxylation is 1. The van der Waals surface area contributed by atoms with E-state index in [2.05, 4.69) is 11.3 Å². The maximum Gasteiger partial charge on any atom is 0.269 e. The first-order chi connectivity index (χ1) is 33.7. The number of fused-ring (bicyclic) bond motifs is 4. The molecule has 6 aromatic carbocycles. The van der Waals surface area contributed by atoms with E-state index in [1.807, 2.05) is 93.1 Å². The van der Waals surface area contributed by atoms with Crippen molar-refractivity contribution in [3.8, 4) is 50.9 Å². The van der Waals surface area contributed by atoms with Gasteiger partial charge in [-0.3, -0.25) is 18.7 Å². The smallest absolute Gasteiger partial charge is 0.269 e. The van der Waals surface area contributed by atoms with Crippen LogP contribution in [0.3, 0.4) is 0 Å². The summed E-state index contributed by atoms with van der Waals surface area (Å²) >= 11 is 0. The van der Waals surface area contributed by atoms with Crippen LogP contribution in [-0.2, 0) is 6.37 Å². The Balaban J connectivity index is 1.14. The van der Waals surface area contributed by atoms with Crippen LogP contribution in [0.4, 0.5) is 0 Å². The zero-order valence-corrected chi connectivity index (χ0v) is 32.6. The first-order valence-electron chi connectivity index (χ1n) is 25.1. The van der Waals surface area contributed by atoms with Gasteiger partial charge in [0.25, 0.3) is 6.33 Å². The Hall–Kier alpha value is -7.31. The van der Waals surface area contributed by atoms with Crippen LogP contribution in [0.1, 0.15) is 48.5 Å². The zero-order chi connectivity index (χ0) is 50.6. The predicted molar refractivity (Wildman–Crippen MR) is 239 cm³/mol. The van der Waals surface area contributed by atoms with Gasteiger partial charge in [0.05, 0.1) is 47.1 Å². The lowest BCUT2D eigenvalue weighted by Gasteiger charge is -2.18. The largest absolute Gasteiger partial charge is 0.458 e. The Bertz CT molecular complexity index is 3710. The standard InChI is InChI=1S/C53H43N5O/c1-36-29-49-46(34-55-36)45-26-25-42(32-50(45)58(49)51-30-37(27-28-54-51)33-53(2,3)4)59-41-20-13-19-40(31-41)56-35-57(48-24-12-11-23-47(48)56)52-43(38-15-7-5-8-16-38)21-14-22-44(52)39-17-9-6-10-18-39/h5-32,34H,33H2,1-4H3/i5D,6D,7D,8D,9D,10D,15D,16D,17D,18D,33D2. The third kappa shape index (κ3) is 6.83. The number of pyridine rings is 2. The summed E-state index contributed by atoms with van der Waals surface area (Å²) in [5.41, 5.74) is 4.10. The molecule has 10 rings (SSSR count). The molecule has 0 aliphatic rings. The summed E-state index contributed by atoms with van der Waals surface area (Å²) < 4.78 is 117. The fourth-order valence-electron chi connectivity index (χ4n) is 7.55. The molecule has 59 heavy (non-hydrogen) atoms. The number of hydrogen-bond donors (Lipinski definition) is 0. The van der Waals surface area contributed by atoms with Crippen molar-refractivity contribution in [2.45, 2.75) is 34.1 Å². The lowest BCUT2D eigenvalue weighted by molar-refractivity contribution is -0.571. The molecule has 6 heteroatoms. The van der Waals surface area contributed by atoms with E-state index in [0.29, 0.717) is 39.6 Å². The van der Waals surface area contributed by atoms with E-state index in [0.717, 1.165) is 27.5 Å². The van der Waals surface area contributed by atoms with Crippen LogP contribution in [0.25, 0.3) is 72.3 Å². The summed E-state index contributed by atoms with van der Waals surface area (Å²) in [7, 11) is 0. The molecule has 4 aromatic heterocycles. The van der Waals surface area contributed by atoms with Crippen molar-refractivity contribution in [3.05, 3.63) is 194 Å². The molecule has 0 atom stereocenters. The van der Waals surface area contributed by atoms with Crippen LogP contribution in [-0.4, -0.2) is 19.1 Å². The quantitative estimate of drug-likeness (QED) is 0.114. The Morgan fingerprint density at radius 2 is 1.39 bits per heavy atom. The van der Waals surface area contributed by atoms with Crippen LogP contribution in [0.2, 0.25) is 0 Å². The molecule has 0 radical (unpaired) electrons. The normalized spacial score (nSPS) is 14.9. The third-order valence-corrected chi connectivity index (χ3v) is 9.93. The minimum absolute atomic E-state index is 0.140. The van der Waals surface area contributed by atoms with Crippen molar-refractivity contribution in [2.24, 2.45) is 5.41 Å². The highest BCUT2D eigenvalue weighted by Gasteiger charge is 2.21. The average Bonchev–Trinajstić information content (AvgIpc) is 3.89. The van der Waals surface area contributed by atoms with Crippen LogP contribution in [0, 0.1) is 18.7 Å². The summed E-state index contributed by atoms with van der Waals surface area (Å²) in [4.78, 5) is 9.33. The number of ether oxygens (including phenoxy) is 1. The first kappa shape index (κ1) is 25.1. The van der Waals surface area contributed by atoms with E-state index in [-0.39, 0.29) is 27.9 Å². The second-order valence-electron chi connectivity index (χ2n) is 15.2. The van der Waals surface area contributed by atoms with E-state index in [1.165, 1.54) is 0 Å². The van der Waals surface area contributed by atoms with E-state index < -0.39 is 72.2 Å². The summed E-state index contributed by atoms with van der Waals surface area (Å²) in [6, 6.07) is 25.2. The van der Waals surface area contributed by atoms with Crippen molar-refractivity contribution in [1.82, 2.24) is 19.1 Å². The molecule has 0 unspecified atom stereocenters. The monoisotopic (exact) mass is 777 g/mol. The number of benzene rings is 6. The Kier molecular flexibility index (Phi) is 6.21. The van der Waals surface area contributed by atoms with Crippen molar-refractivity contribution in [2.75, 3.05) is 0 Å². The molecule has 0 saturated carbocycles. The molecule has 6 nitrogen and oxygen atoms in total. The van der Waals surface area contributed by atoms with Crippen LogP contribution < -0.4 is 9.30 Å². The van der Waals surface area contributed by atoms with E-state index in [9.17, 15) is 0 Å². The maximum absolute atomic E-state index is 9.02. The summed E-state index contributed by atoms with van der Waals surface area (Å²) in [5.74, 6) is 1.49. The molecule has 0 aliphatic carbocycles. The Morgan fingerprint density at radius 3 is 2.14 bits per heavy atom. The molecule has 4 heterocycles. The third-order valence-electron chi connectivity index (χ3n) is 9.93. The van der Waals surface area contributed by atoms with Gasteiger partial charge >= 0.3 is 0 Å². The highest BCUT2D eigenvalue weighted by atomic mass is 16.5. The van der Waals surface area contributed by atoms with E-state index in [4.69, 9.17) is 26.2 Å². The zero-order valence-electron chi connectivity index (χ0n) is 44.6. The van der Waals surface area contributed by atoms with Gasteiger partial charge in [-0.25, -0.2) is 4.98 Å². The van der Waals surface area contributed by atoms with Crippen molar-refractivity contribution in [3.63, 3.8) is 0 Å². The number of rotatable bonds is 8. The van der Waals surface area contributed by atoms with Gasteiger partial charge in [0.1, 0.15) is 17.3 Å². The number of nitrogens with zero attached hydrogens (tertiary/aromatic N) is 5. The number of para-hydroxylation sites is 3. The second kappa shape index (κ2) is 14.6. The fraction of sp³-hybridized carbons (Fsp3) is 0.113. The molecule has 0 saturated heterocycles. The van der Waals surface area contributed by atoms with Gasteiger partial charge in [-0.1, -0.05) is 130 Å². The SMILES string of the molecule is [2H]c1c([2H])c([2H])c(-c2cccc(-c3c([2H])c([2H])c([2H])c([2H])c3[2H])c2-[n+]2[c-]n(-c3cccc(Oc4ccc5c6cnc(C)cc6n(-c6cc(C([2H])([2H])C(C)(C)C)ccn6)c5c4)c3)c3ccccc32)c([2H])c1[2H]. The number of imidazole rings is 1. The van der Waals surface area contributed by atoms with Gasteiger partial charge in [0.2, 0.25) is 0 Å². The van der Waals surface area contributed by atoms with Crippen LogP contribution in [0.15, 0.2) is 176 Å². The summed E-state index contributed by atoms with van der Waals surface area (Å²) in [5, 5.41) is 1.78. The topological polar surface area (TPSA) is 48.8 Å². The van der Waals surface area contributed by atoms with E-state index >= 15 is 0 Å². The lowest BCUT2D eigenvalue weighted by Crippen LogP contribution is -2.31. The minimum Gasteiger partial charge on any atom is -0.458 e. The second-order valence-corrected chi connectivity index (χ2v) is 15.2. The first-order valence-corrected chi connectivity index (χ1v) is 19.1. The average molecular weight is 778 g/mol. The van der Waals surface area contributed by atoms with E-state index in [1.54, 1.807) is 63.9 Å². The van der Waals surface area contributed by atoms with Gasteiger partial charge in [0.15, 0.2) is 0 Å². The fourth-order valence-corrected chi connectivity index (χ4v) is 7.55. The Labute approximate surface area is 361 Å². The minimum atomic E-state index is -1.66. The van der Waals surface area contributed by atoms with Crippen molar-refractivity contribution < 1.29 is 25.8 Å². The maximum atomic E-state index is 9.02. The highest BCUT2D eigenvalue weighted by Crippen LogP contribution is 2.37. The van der Waals surface area contributed by atoms with Gasteiger partial charge in [-0.15, -0.1) is 0 Å². The molecular weight excluding hydrogens is 723 g/mol. The molecule has 0 aliphatic heterocycles. The molecular formula is C53H43N5O. The number of hydrogen-bond acceptors (Lipinski definition) is 3. The summed E-state index contributed by atoms with van der Waals surface area (Å²) in [6.07, 6.45) is 5.20. The van der Waals surface area contributed by atoms with Crippen LogP contribution in [0.5, 0.6) is 11.5 Å². The molecule has 0 amide bonds. The number of aromatic nitrogens is 5. The van der Waals surface area contributed by atoms with Gasteiger partial charge in [-0.05, 0) is 95.1 Å². The van der Waals surface area contributed by atoms with Crippen molar-refractivity contribution >= 4 is 32.8 Å². The lowest BCUT2D eigenvalue weighted by atomic mass is 9.88. The molecule has 0 fully saturated rings. The van der Waals surface area contributed by atoms with Crippen LogP contribution >= 0.6 is 0 Å². The molecule has 0 N–H and O–H groups in total. The predicted octanol–water partition coefficient (Wildman–Crippen LogP) is 12.6. The molecule has 10 aromatic rings. The van der Waals surface area contributed by atoms with Gasteiger partial charge in [0, 0.05) is 37.7 Å². The van der Waals surface area contributed by atoms with Gasteiger partial charge < -0.3 is 4.74 Å². The van der Waals surface area contributed by atoms with Gasteiger partial charge in [-0.2, -0.15) is 0 Å². The Morgan fingerprint density at radius 1 is 0.695 bits per heavy atom. The summed E-state index contributed by atoms with van der Waals surface area (Å²) in [6.45, 7) is 7.52. The molecule has 0 bridgehead atoms. The molecule has 286 valence electrons. The molecule has 0 spiro atoms.